The number of aromatic nitrogens is 2. The molecule has 1 aromatic heterocycles. The van der Waals surface area contributed by atoms with E-state index in [4.69, 9.17) is 5.11 Å². The number of carboxylic acids is 1. The van der Waals surface area contributed by atoms with E-state index < -0.39 is 5.97 Å². The van der Waals surface area contributed by atoms with E-state index in [1.165, 1.54) is 44.5 Å². The van der Waals surface area contributed by atoms with E-state index in [-0.39, 0.29) is 11.6 Å². The highest BCUT2D eigenvalue weighted by Crippen LogP contribution is 2.27. The summed E-state index contributed by atoms with van der Waals surface area (Å²) in [4.78, 5) is 35.3. The first kappa shape index (κ1) is 17.6. The van der Waals surface area contributed by atoms with E-state index in [2.05, 4.69) is 9.97 Å². The number of anilines is 1. The predicted molar refractivity (Wildman–Crippen MR) is 93.6 cm³/mol. The molecule has 1 N–H and O–H groups in total. The van der Waals surface area contributed by atoms with Crippen molar-refractivity contribution in [3.05, 3.63) is 18.1 Å². The first-order valence-corrected chi connectivity index (χ1v) is 9.21. The lowest BCUT2D eigenvalue weighted by Gasteiger charge is -2.35. The Bertz CT molecular complexity index is 591. The van der Waals surface area contributed by atoms with Crippen LogP contribution in [-0.4, -0.2) is 58.0 Å². The highest BCUT2D eigenvalue weighted by molar-refractivity contribution is 5.84. The van der Waals surface area contributed by atoms with Gasteiger partial charge in [0.25, 0.3) is 0 Å². The van der Waals surface area contributed by atoms with Gasteiger partial charge in [0.15, 0.2) is 5.69 Å². The third-order valence-corrected chi connectivity index (χ3v) is 5.30. The minimum atomic E-state index is -1.08. The quantitative estimate of drug-likeness (QED) is 0.879. The number of carbonyl (C=O) groups is 2. The third kappa shape index (κ3) is 4.67. The van der Waals surface area contributed by atoms with Crippen LogP contribution in [0.3, 0.4) is 0 Å². The molecule has 1 amide bonds. The molecule has 0 atom stereocenters. The molecule has 0 bridgehead atoms. The van der Waals surface area contributed by atoms with E-state index in [0.717, 1.165) is 12.3 Å². The van der Waals surface area contributed by atoms with Gasteiger partial charge in [-0.15, -0.1) is 0 Å². The second-order valence-electron chi connectivity index (χ2n) is 6.98. The van der Waals surface area contributed by atoms with Crippen molar-refractivity contribution in [1.29, 1.82) is 0 Å². The number of nitrogens with zero attached hydrogens (tertiary/aromatic N) is 4. The van der Waals surface area contributed by atoms with Crippen LogP contribution in [0.5, 0.6) is 0 Å². The van der Waals surface area contributed by atoms with Crippen molar-refractivity contribution in [3.8, 4) is 0 Å². The van der Waals surface area contributed by atoms with Crippen LogP contribution >= 0.6 is 0 Å². The Hall–Kier alpha value is -2.18. The molecule has 1 saturated heterocycles. The van der Waals surface area contributed by atoms with Gasteiger partial charge in [-0.1, -0.05) is 32.1 Å². The van der Waals surface area contributed by atoms with Gasteiger partial charge in [0.05, 0.1) is 12.4 Å². The van der Waals surface area contributed by atoms with E-state index in [9.17, 15) is 9.59 Å². The zero-order valence-electron chi connectivity index (χ0n) is 14.6. The second kappa shape index (κ2) is 8.27. The highest BCUT2D eigenvalue weighted by Gasteiger charge is 2.23. The third-order valence-electron chi connectivity index (χ3n) is 5.30. The van der Waals surface area contributed by atoms with Gasteiger partial charge in [0.1, 0.15) is 5.82 Å². The maximum atomic E-state index is 12.4. The van der Waals surface area contributed by atoms with Gasteiger partial charge in [0.2, 0.25) is 5.91 Å². The first-order chi connectivity index (χ1) is 12.1. The summed E-state index contributed by atoms with van der Waals surface area (Å²) >= 11 is 0. The molecule has 0 radical (unpaired) electrons. The molecule has 136 valence electrons. The van der Waals surface area contributed by atoms with Crippen LogP contribution in [0, 0.1) is 5.92 Å². The number of rotatable bonds is 5. The Labute approximate surface area is 148 Å². The first-order valence-electron chi connectivity index (χ1n) is 9.21. The fourth-order valence-corrected chi connectivity index (χ4v) is 3.74. The van der Waals surface area contributed by atoms with Crippen molar-refractivity contribution in [2.75, 3.05) is 31.1 Å². The SMILES string of the molecule is O=C(O)c1cnc(N2CCN(C(=O)CCC3CCCCC3)CC2)cn1. The van der Waals surface area contributed by atoms with Crippen molar-refractivity contribution in [1.82, 2.24) is 14.9 Å². The Morgan fingerprint density at radius 1 is 1.04 bits per heavy atom. The van der Waals surface area contributed by atoms with Crippen LogP contribution < -0.4 is 4.90 Å². The van der Waals surface area contributed by atoms with Crippen LogP contribution in [0.25, 0.3) is 0 Å². The molecule has 2 heterocycles. The molecular formula is C18H26N4O3. The van der Waals surface area contributed by atoms with Gasteiger partial charge < -0.3 is 14.9 Å². The fourth-order valence-electron chi connectivity index (χ4n) is 3.74. The molecule has 7 heteroatoms. The van der Waals surface area contributed by atoms with Crippen LogP contribution in [0.15, 0.2) is 12.4 Å². The number of amides is 1. The van der Waals surface area contributed by atoms with Crippen LogP contribution in [0.1, 0.15) is 55.4 Å². The Morgan fingerprint density at radius 2 is 1.76 bits per heavy atom. The molecule has 25 heavy (non-hydrogen) atoms. The van der Waals surface area contributed by atoms with Gasteiger partial charge >= 0.3 is 5.97 Å². The average Bonchev–Trinajstić information content (AvgIpc) is 2.67. The van der Waals surface area contributed by atoms with Gasteiger partial charge in [-0.2, -0.15) is 0 Å². The number of piperazine rings is 1. The Morgan fingerprint density at radius 3 is 2.36 bits per heavy atom. The monoisotopic (exact) mass is 346 g/mol. The lowest BCUT2D eigenvalue weighted by Crippen LogP contribution is -2.49. The second-order valence-corrected chi connectivity index (χ2v) is 6.98. The minimum Gasteiger partial charge on any atom is -0.476 e. The van der Waals surface area contributed by atoms with Crippen molar-refractivity contribution < 1.29 is 14.7 Å². The number of aromatic carboxylic acids is 1. The zero-order chi connectivity index (χ0) is 17.6. The number of carbonyl (C=O) groups excluding carboxylic acids is 1. The maximum absolute atomic E-state index is 12.4. The smallest absolute Gasteiger partial charge is 0.356 e. The van der Waals surface area contributed by atoms with Crippen LogP contribution in [0.2, 0.25) is 0 Å². The van der Waals surface area contributed by atoms with E-state index in [1.54, 1.807) is 0 Å². The number of hydrogen-bond acceptors (Lipinski definition) is 5. The molecule has 1 aromatic rings. The average molecular weight is 346 g/mol. The van der Waals surface area contributed by atoms with Crippen LogP contribution in [-0.2, 0) is 4.79 Å². The molecule has 0 spiro atoms. The molecule has 7 nitrogen and oxygen atoms in total. The van der Waals surface area contributed by atoms with Gasteiger partial charge in [-0.3, -0.25) is 4.79 Å². The molecule has 1 saturated carbocycles. The fraction of sp³-hybridized carbons (Fsp3) is 0.667. The molecule has 0 aromatic carbocycles. The van der Waals surface area contributed by atoms with Gasteiger partial charge in [0, 0.05) is 32.6 Å². The van der Waals surface area contributed by atoms with Crippen molar-refractivity contribution in [2.24, 2.45) is 5.92 Å². The van der Waals surface area contributed by atoms with E-state index >= 15 is 0 Å². The van der Waals surface area contributed by atoms with E-state index in [0.29, 0.717) is 38.4 Å². The maximum Gasteiger partial charge on any atom is 0.356 e. The zero-order valence-corrected chi connectivity index (χ0v) is 14.6. The number of hydrogen-bond donors (Lipinski definition) is 1. The summed E-state index contributed by atoms with van der Waals surface area (Å²) in [5.41, 5.74) is -0.0553. The van der Waals surface area contributed by atoms with Crippen LogP contribution in [0.4, 0.5) is 5.82 Å². The Kier molecular flexibility index (Phi) is 5.83. The molecule has 1 aliphatic heterocycles. The van der Waals surface area contributed by atoms with Gasteiger partial charge in [-0.25, -0.2) is 14.8 Å². The summed E-state index contributed by atoms with van der Waals surface area (Å²) in [6.45, 7) is 2.78. The lowest BCUT2D eigenvalue weighted by atomic mass is 9.86. The summed E-state index contributed by atoms with van der Waals surface area (Å²) in [6.07, 6.45) is 11.0. The Balaban J connectivity index is 1.44. The summed E-state index contributed by atoms with van der Waals surface area (Å²) in [5.74, 6) is 0.589. The van der Waals surface area contributed by atoms with Crippen molar-refractivity contribution >= 4 is 17.7 Å². The standard InChI is InChI=1S/C18H26N4O3/c23-17(7-6-14-4-2-1-3-5-14)22-10-8-21(9-11-22)16-13-19-15(12-20-16)18(24)25/h12-14H,1-11H2,(H,24,25). The van der Waals surface area contributed by atoms with Crippen molar-refractivity contribution in [3.63, 3.8) is 0 Å². The topological polar surface area (TPSA) is 86.6 Å². The normalized spacial score (nSPS) is 19.0. The summed E-state index contributed by atoms with van der Waals surface area (Å²) in [5, 5.41) is 8.87. The van der Waals surface area contributed by atoms with Crippen molar-refractivity contribution in [2.45, 2.75) is 44.9 Å². The minimum absolute atomic E-state index is 0.0553. The highest BCUT2D eigenvalue weighted by atomic mass is 16.4. The molecule has 3 rings (SSSR count). The molecule has 2 aliphatic rings. The molecule has 0 unspecified atom stereocenters. The lowest BCUT2D eigenvalue weighted by molar-refractivity contribution is -0.131. The molecule has 1 aliphatic carbocycles. The number of carboxylic acid groups (broad SMARTS) is 1. The summed E-state index contributed by atoms with van der Waals surface area (Å²) < 4.78 is 0. The largest absolute Gasteiger partial charge is 0.476 e. The molecular weight excluding hydrogens is 320 g/mol. The molecule has 2 fully saturated rings. The summed E-state index contributed by atoms with van der Waals surface area (Å²) in [6, 6.07) is 0. The van der Waals surface area contributed by atoms with Gasteiger partial charge in [-0.05, 0) is 12.3 Å². The summed E-state index contributed by atoms with van der Waals surface area (Å²) in [7, 11) is 0. The van der Waals surface area contributed by atoms with E-state index in [1.807, 2.05) is 9.80 Å². The predicted octanol–water partition coefficient (Wildman–Crippen LogP) is 2.18.